The molecule has 0 bridgehead atoms. The van der Waals surface area contributed by atoms with Crippen LogP contribution in [0.3, 0.4) is 0 Å². The van der Waals surface area contributed by atoms with E-state index in [1.165, 1.54) is 0 Å². The van der Waals surface area contributed by atoms with Crippen LogP contribution in [0.5, 0.6) is 0 Å². The van der Waals surface area contributed by atoms with Crippen LogP contribution >= 0.6 is 0 Å². The molecule has 0 amide bonds. The third-order valence-electron chi connectivity index (χ3n) is 3.33. The molecule has 0 unspecified atom stereocenters. The maximum absolute atomic E-state index is 12.5. The summed E-state index contributed by atoms with van der Waals surface area (Å²) in [7, 11) is 0. The Kier molecular flexibility index (Phi) is 2.48. The van der Waals surface area contributed by atoms with Crippen molar-refractivity contribution < 1.29 is 0 Å². The number of rotatable bonds is 1. The van der Waals surface area contributed by atoms with Crippen LogP contribution in [0.15, 0.2) is 29.1 Å². The van der Waals surface area contributed by atoms with Gasteiger partial charge in [0.1, 0.15) is 0 Å². The van der Waals surface area contributed by atoms with Crippen molar-refractivity contribution >= 4 is 27.8 Å². The van der Waals surface area contributed by atoms with Gasteiger partial charge in [0.05, 0.1) is 22.1 Å². The number of nitrogens with two attached hydrogens (primary N) is 1. The quantitative estimate of drug-likeness (QED) is 0.673. The third kappa shape index (κ3) is 1.58. The lowest BCUT2D eigenvalue weighted by Gasteiger charge is -2.11. The van der Waals surface area contributed by atoms with Gasteiger partial charge in [-0.25, -0.2) is 9.97 Å². The van der Waals surface area contributed by atoms with E-state index in [0.717, 1.165) is 10.9 Å². The number of nitrogen functional groups attached to an aromatic ring is 1. The minimum Gasteiger partial charge on any atom is -0.368 e. The minimum absolute atomic E-state index is 0.0614. The van der Waals surface area contributed by atoms with Crippen molar-refractivity contribution in [2.75, 3.05) is 5.73 Å². The molecule has 5 heteroatoms. The fourth-order valence-corrected chi connectivity index (χ4v) is 2.51. The molecule has 2 heterocycles. The highest BCUT2D eigenvalue weighted by atomic mass is 16.1. The maximum atomic E-state index is 12.5. The number of aromatic nitrogens is 3. The van der Waals surface area contributed by atoms with Gasteiger partial charge in [-0.3, -0.25) is 4.79 Å². The topological polar surface area (TPSA) is 73.8 Å². The Morgan fingerprint density at radius 1 is 1.26 bits per heavy atom. The van der Waals surface area contributed by atoms with Crippen molar-refractivity contribution in [3.63, 3.8) is 0 Å². The zero-order valence-corrected chi connectivity index (χ0v) is 10.8. The normalized spacial score (nSPS) is 11.3. The molecule has 0 radical (unpaired) electrons. The lowest BCUT2D eigenvalue weighted by molar-refractivity contribution is 0.765. The standard InChI is InChI=1S/C14H14N4O/c1-3-18-10-7-5-4-6-9(10)12-11(13(18)19)8(2)16-14(15)17-12/h4-7H,3H2,1-2H3,(H2,15,16,17). The summed E-state index contributed by atoms with van der Waals surface area (Å²) < 4.78 is 1.74. The SMILES string of the molecule is CCn1c(=O)c2c(C)nc(N)nc2c2ccccc21. The lowest BCUT2D eigenvalue weighted by atomic mass is 10.1. The first kappa shape index (κ1) is 11.6. The number of benzene rings is 1. The van der Waals surface area contributed by atoms with Gasteiger partial charge in [0, 0.05) is 11.9 Å². The second-order valence-corrected chi connectivity index (χ2v) is 4.46. The number of hydrogen-bond donors (Lipinski definition) is 1. The molecule has 3 aromatic rings. The lowest BCUT2D eigenvalue weighted by Crippen LogP contribution is -2.21. The van der Waals surface area contributed by atoms with E-state index in [-0.39, 0.29) is 11.5 Å². The van der Waals surface area contributed by atoms with Crippen LogP contribution in [0.25, 0.3) is 21.8 Å². The van der Waals surface area contributed by atoms with Crippen molar-refractivity contribution in [3.8, 4) is 0 Å². The summed E-state index contributed by atoms with van der Waals surface area (Å²) in [6.07, 6.45) is 0. The second-order valence-electron chi connectivity index (χ2n) is 4.46. The number of para-hydroxylation sites is 1. The average molecular weight is 254 g/mol. The molecule has 0 aliphatic carbocycles. The van der Waals surface area contributed by atoms with Gasteiger partial charge in [0.25, 0.3) is 5.56 Å². The summed E-state index contributed by atoms with van der Waals surface area (Å²) >= 11 is 0. The molecule has 0 fully saturated rings. The van der Waals surface area contributed by atoms with Gasteiger partial charge >= 0.3 is 0 Å². The van der Waals surface area contributed by atoms with E-state index in [0.29, 0.717) is 23.1 Å². The Labute approximate surface area is 109 Å². The zero-order chi connectivity index (χ0) is 13.6. The Morgan fingerprint density at radius 3 is 2.74 bits per heavy atom. The molecular formula is C14H14N4O. The second kappa shape index (κ2) is 4.05. The predicted octanol–water partition coefficient (Wildman–Crippen LogP) is 1.86. The van der Waals surface area contributed by atoms with Gasteiger partial charge in [0.2, 0.25) is 5.95 Å². The van der Waals surface area contributed by atoms with E-state index in [4.69, 9.17) is 5.73 Å². The molecule has 0 atom stereocenters. The van der Waals surface area contributed by atoms with Crippen molar-refractivity contribution in [1.82, 2.24) is 14.5 Å². The molecule has 0 spiro atoms. The molecule has 0 saturated heterocycles. The van der Waals surface area contributed by atoms with Gasteiger partial charge in [-0.05, 0) is 19.9 Å². The fourth-order valence-electron chi connectivity index (χ4n) is 2.51. The van der Waals surface area contributed by atoms with E-state index in [9.17, 15) is 4.79 Å². The van der Waals surface area contributed by atoms with E-state index < -0.39 is 0 Å². The number of hydrogen-bond acceptors (Lipinski definition) is 4. The largest absolute Gasteiger partial charge is 0.368 e. The van der Waals surface area contributed by atoms with Crippen LogP contribution in [0.4, 0.5) is 5.95 Å². The molecule has 3 rings (SSSR count). The highest BCUT2D eigenvalue weighted by Crippen LogP contribution is 2.22. The van der Waals surface area contributed by atoms with Crippen molar-refractivity contribution in [2.24, 2.45) is 0 Å². The van der Waals surface area contributed by atoms with Crippen molar-refractivity contribution in [3.05, 3.63) is 40.3 Å². The summed E-state index contributed by atoms with van der Waals surface area (Å²) in [5.74, 6) is 0.198. The molecule has 0 saturated carbocycles. The van der Waals surface area contributed by atoms with Gasteiger partial charge in [-0.1, -0.05) is 18.2 Å². The predicted molar refractivity (Wildman–Crippen MR) is 76.1 cm³/mol. The first-order chi connectivity index (χ1) is 9.13. The van der Waals surface area contributed by atoms with Crippen molar-refractivity contribution in [1.29, 1.82) is 0 Å². The third-order valence-corrected chi connectivity index (χ3v) is 3.33. The molecule has 19 heavy (non-hydrogen) atoms. The first-order valence-electron chi connectivity index (χ1n) is 6.19. The molecule has 96 valence electrons. The Balaban J connectivity index is 2.71. The molecule has 2 aromatic heterocycles. The minimum atomic E-state index is -0.0614. The summed E-state index contributed by atoms with van der Waals surface area (Å²) in [4.78, 5) is 20.9. The average Bonchev–Trinajstić information content (AvgIpc) is 2.38. The number of aryl methyl sites for hydroxylation is 2. The smallest absolute Gasteiger partial charge is 0.262 e. The molecule has 1 aromatic carbocycles. The first-order valence-corrected chi connectivity index (χ1v) is 6.19. The van der Waals surface area contributed by atoms with E-state index >= 15 is 0 Å². The molecule has 5 nitrogen and oxygen atoms in total. The molecule has 2 N–H and O–H groups in total. The highest BCUT2D eigenvalue weighted by molar-refractivity contribution is 6.04. The Hall–Kier alpha value is -2.43. The van der Waals surface area contributed by atoms with Crippen LogP contribution in [-0.2, 0) is 6.54 Å². The molecule has 0 aliphatic heterocycles. The van der Waals surface area contributed by atoms with Crippen LogP contribution in [0, 0.1) is 6.92 Å². The van der Waals surface area contributed by atoms with E-state index in [2.05, 4.69) is 9.97 Å². The summed E-state index contributed by atoms with van der Waals surface area (Å²) in [5.41, 5.74) is 7.78. The van der Waals surface area contributed by atoms with Gasteiger partial charge in [-0.15, -0.1) is 0 Å². The van der Waals surface area contributed by atoms with Gasteiger partial charge in [-0.2, -0.15) is 0 Å². The molecule has 0 aliphatic rings. The van der Waals surface area contributed by atoms with E-state index in [1.54, 1.807) is 11.5 Å². The Bertz CT molecular complexity index is 851. The summed E-state index contributed by atoms with van der Waals surface area (Å²) in [6, 6.07) is 7.72. The van der Waals surface area contributed by atoms with Crippen molar-refractivity contribution in [2.45, 2.75) is 20.4 Å². The van der Waals surface area contributed by atoms with E-state index in [1.807, 2.05) is 31.2 Å². The fraction of sp³-hybridized carbons (Fsp3) is 0.214. The number of fused-ring (bicyclic) bond motifs is 3. The van der Waals surface area contributed by atoms with Gasteiger partial charge < -0.3 is 10.3 Å². The van der Waals surface area contributed by atoms with Crippen LogP contribution < -0.4 is 11.3 Å². The molecular weight excluding hydrogens is 240 g/mol. The van der Waals surface area contributed by atoms with Crippen LogP contribution in [-0.4, -0.2) is 14.5 Å². The van der Waals surface area contributed by atoms with Gasteiger partial charge in [0.15, 0.2) is 0 Å². The summed E-state index contributed by atoms with van der Waals surface area (Å²) in [6.45, 7) is 4.35. The van der Waals surface area contributed by atoms with Crippen LogP contribution in [0.2, 0.25) is 0 Å². The number of anilines is 1. The number of pyridine rings is 1. The highest BCUT2D eigenvalue weighted by Gasteiger charge is 2.14. The monoisotopic (exact) mass is 254 g/mol. The van der Waals surface area contributed by atoms with Crippen LogP contribution in [0.1, 0.15) is 12.6 Å². The maximum Gasteiger partial charge on any atom is 0.262 e. The summed E-state index contributed by atoms with van der Waals surface area (Å²) in [5, 5.41) is 1.48. The Morgan fingerprint density at radius 2 is 2.00 bits per heavy atom. The zero-order valence-electron chi connectivity index (χ0n) is 10.8. The number of nitrogens with zero attached hydrogens (tertiary/aromatic N) is 3.